The van der Waals surface area contributed by atoms with Gasteiger partial charge in [0.25, 0.3) is 0 Å². The van der Waals surface area contributed by atoms with Crippen LogP contribution in [0.1, 0.15) is 6.92 Å². The summed E-state index contributed by atoms with van der Waals surface area (Å²) in [5.74, 6) is -4.77. The average Bonchev–Trinajstić information content (AvgIpc) is 1.59. The molecule has 0 spiro atoms. The first-order valence-corrected chi connectivity index (χ1v) is 3.64. The fourth-order valence-electron chi connectivity index (χ4n) is 0.225. The van der Waals surface area contributed by atoms with Crippen LogP contribution in [0.4, 0.5) is 13.2 Å². The molecule has 9 heavy (non-hydrogen) atoms. The smallest absolute Gasteiger partial charge is 0.375 e. The van der Waals surface area contributed by atoms with Gasteiger partial charge in [-0.15, -0.1) is 0 Å². The summed E-state index contributed by atoms with van der Waals surface area (Å²) in [6, 6.07) is 0. The fraction of sp³-hybridized carbons (Fsp3) is 0.667. The predicted molar refractivity (Wildman–Crippen MR) is 28.4 cm³/mol. The van der Waals surface area contributed by atoms with Crippen LogP contribution in [0.3, 0.4) is 0 Å². The molecule has 0 aromatic heterocycles. The third-order valence-corrected chi connectivity index (χ3v) is 1.61. The van der Waals surface area contributed by atoms with Gasteiger partial charge >= 0.3 is 5.80 Å². The molecule has 6 heteroatoms. The molecule has 0 rings (SSSR count). The quantitative estimate of drug-likeness (QED) is 0.521. The van der Waals surface area contributed by atoms with Gasteiger partial charge in [0, 0.05) is 6.92 Å². The lowest BCUT2D eigenvalue weighted by Crippen LogP contribution is -2.36. The van der Waals surface area contributed by atoms with Crippen LogP contribution in [0, 0.1) is 0 Å². The van der Waals surface area contributed by atoms with Crippen molar-refractivity contribution in [3.8, 4) is 0 Å². The summed E-state index contributed by atoms with van der Waals surface area (Å²) >= 11 is 0. The molecule has 0 aromatic rings. The molecule has 1 amide bonds. The first kappa shape index (κ1) is 8.48. The van der Waals surface area contributed by atoms with Gasteiger partial charge in [-0.1, -0.05) is 0 Å². The molecule has 1 N–H and O–H groups in total. The van der Waals surface area contributed by atoms with E-state index in [1.54, 1.807) is 4.98 Å². The second-order valence-corrected chi connectivity index (χ2v) is 3.03. The maximum absolute atomic E-state index is 11.3. The van der Waals surface area contributed by atoms with Gasteiger partial charge in [0.15, 0.2) is 0 Å². The Labute approximate surface area is 52.3 Å². The molecule has 0 saturated heterocycles. The van der Waals surface area contributed by atoms with E-state index < -0.39 is 21.4 Å². The molecule has 0 heterocycles. The summed E-state index contributed by atoms with van der Waals surface area (Å²) in [4.78, 5) is 11.7. The molecule has 0 fully saturated rings. The van der Waals surface area contributed by atoms with Gasteiger partial charge in [0.1, 0.15) is 0 Å². The number of nitrogens with one attached hydrogen (secondary N) is 1. The first-order chi connectivity index (χ1) is 3.92. The summed E-state index contributed by atoms with van der Waals surface area (Å²) in [6.07, 6.45) is 0. The third-order valence-electron chi connectivity index (χ3n) is 0.538. The van der Waals surface area contributed by atoms with Gasteiger partial charge in [-0.2, -0.15) is 13.2 Å². The van der Waals surface area contributed by atoms with Crippen molar-refractivity contribution in [2.24, 2.45) is 0 Å². The summed E-state index contributed by atoms with van der Waals surface area (Å²) in [5.41, 5.74) is 0. The van der Waals surface area contributed by atoms with E-state index in [4.69, 9.17) is 0 Å². The van der Waals surface area contributed by atoms with Crippen molar-refractivity contribution in [1.29, 1.82) is 0 Å². The highest BCUT2D eigenvalue weighted by molar-refractivity contribution is 6.39. The Morgan fingerprint density at radius 2 is 2.00 bits per heavy atom. The van der Waals surface area contributed by atoms with Gasteiger partial charge < -0.3 is 4.98 Å². The Kier molecular flexibility index (Phi) is 2.69. The third kappa shape index (κ3) is 7.48. The van der Waals surface area contributed by atoms with Crippen LogP contribution in [0.15, 0.2) is 0 Å². The van der Waals surface area contributed by atoms with Crippen LogP contribution in [-0.4, -0.2) is 21.4 Å². The van der Waals surface area contributed by atoms with E-state index in [-0.39, 0.29) is 0 Å². The fourth-order valence-corrected chi connectivity index (χ4v) is 0.674. The lowest BCUT2D eigenvalue weighted by atomic mass is 10.8. The number of alkyl halides is 3. The minimum absolute atomic E-state index is 0.612. The van der Waals surface area contributed by atoms with Crippen molar-refractivity contribution >= 4 is 15.6 Å². The van der Waals surface area contributed by atoms with Crippen molar-refractivity contribution < 1.29 is 18.0 Å². The second-order valence-electron chi connectivity index (χ2n) is 1.52. The van der Waals surface area contributed by atoms with Gasteiger partial charge in [0.2, 0.25) is 15.6 Å². The number of amides is 1. The number of halogens is 3. The number of carbonyl (C=O) groups is 1. The molecule has 0 unspecified atom stereocenters. The van der Waals surface area contributed by atoms with E-state index in [1.807, 2.05) is 0 Å². The van der Waals surface area contributed by atoms with Crippen LogP contribution in [0.2, 0.25) is 0 Å². The molecule has 0 aliphatic heterocycles. The maximum Gasteiger partial charge on any atom is 0.375 e. The molecule has 0 aliphatic carbocycles. The van der Waals surface area contributed by atoms with Gasteiger partial charge in [-0.05, 0) is 0 Å². The van der Waals surface area contributed by atoms with E-state index in [2.05, 4.69) is 0 Å². The Bertz CT molecular complexity index is 112. The molecule has 2 nitrogen and oxygen atoms in total. The zero-order valence-corrected chi connectivity index (χ0v) is 6.16. The lowest BCUT2D eigenvalue weighted by molar-refractivity contribution is -0.118. The standard InChI is InChI=1S/C3H6F3NOSi/c1-2(8)7-9-3(4,5)6/h9H2,1H3,(H,7,8). The highest BCUT2D eigenvalue weighted by Crippen LogP contribution is 2.09. The monoisotopic (exact) mass is 157 g/mol. The summed E-state index contributed by atoms with van der Waals surface area (Å²) in [5, 5.41) is 0. The second kappa shape index (κ2) is 2.86. The van der Waals surface area contributed by atoms with Crippen molar-refractivity contribution in [3.63, 3.8) is 0 Å². The van der Waals surface area contributed by atoms with Crippen molar-refractivity contribution in [1.82, 2.24) is 4.98 Å². The van der Waals surface area contributed by atoms with E-state index in [9.17, 15) is 18.0 Å². The molecule has 0 aromatic carbocycles. The van der Waals surface area contributed by atoms with Crippen molar-refractivity contribution in [2.45, 2.75) is 12.7 Å². The average molecular weight is 157 g/mol. The van der Waals surface area contributed by atoms with Crippen LogP contribution in [0.25, 0.3) is 0 Å². The van der Waals surface area contributed by atoms with Gasteiger partial charge in [-0.25, -0.2) is 0 Å². The molecular weight excluding hydrogens is 151 g/mol. The summed E-state index contributed by atoms with van der Waals surface area (Å²) in [7, 11) is -2.40. The Balaban J connectivity index is 3.39. The molecule has 54 valence electrons. The summed E-state index contributed by atoms with van der Waals surface area (Å²) in [6.45, 7) is 1.07. The molecular formula is C3H6F3NOSi. The number of rotatable bonds is 1. The van der Waals surface area contributed by atoms with Crippen LogP contribution < -0.4 is 4.98 Å². The van der Waals surface area contributed by atoms with E-state index in [0.29, 0.717) is 0 Å². The van der Waals surface area contributed by atoms with Crippen molar-refractivity contribution in [3.05, 3.63) is 0 Å². The Morgan fingerprint density at radius 1 is 1.56 bits per heavy atom. The van der Waals surface area contributed by atoms with E-state index in [1.165, 1.54) is 0 Å². The van der Waals surface area contributed by atoms with E-state index >= 15 is 0 Å². The number of hydrogen-bond acceptors (Lipinski definition) is 1. The summed E-state index contributed by atoms with van der Waals surface area (Å²) < 4.78 is 33.8. The highest BCUT2D eigenvalue weighted by atomic mass is 28.2. The Morgan fingerprint density at radius 3 is 2.11 bits per heavy atom. The zero-order valence-electron chi connectivity index (χ0n) is 4.75. The predicted octanol–water partition coefficient (Wildman–Crippen LogP) is -0.274. The number of hydrogen-bond donors (Lipinski definition) is 1. The molecule has 0 aliphatic rings. The molecule has 0 atom stereocenters. The lowest BCUT2D eigenvalue weighted by Gasteiger charge is -2.03. The normalized spacial score (nSPS) is 12.4. The molecule has 0 bridgehead atoms. The van der Waals surface area contributed by atoms with E-state index in [0.717, 1.165) is 6.92 Å². The topological polar surface area (TPSA) is 29.1 Å². The van der Waals surface area contributed by atoms with Crippen LogP contribution >= 0.6 is 0 Å². The molecule has 0 radical (unpaired) electrons. The SMILES string of the molecule is CC(=O)N[SiH2]C(F)(F)F. The maximum atomic E-state index is 11.3. The largest absolute Gasteiger partial charge is 0.379 e. The highest BCUT2D eigenvalue weighted by Gasteiger charge is 2.27. The molecule has 0 saturated carbocycles. The zero-order chi connectivity index (χ0) is 7.49. The number of carbonyl (C=O) groups excluding carboxylic acids is 1. The Hall–Kier alpha value is -0.523. The first-order valence-electron chi connectivity index (χ1n) is 2.23. The minimum atomic E-state index is -4.16. The van der Waals surface area contributed by atoms with Crippen LogP contribution in [0.5, 0.6) is 0 Å². The van der Waals surface area contributed by atoms with Crippen LogP contribution in [-0.2, 0) is 4.79 Å². The van der Waals surface area contributed by atoms with Crippen molar-refractivity contribution in [2.75, 3.05) is 0 Å². The van der Waals surface area contributed by atoms with Gasteiger partial charge in [-0.3, -0.25) is 4.79 Å². The van der Waals surface area contributed by atoms with Gasteiger partial charge in [0.05, 0.1) is 0 Å². The minimum Gasteiger partial charge on any atom is -0.379 e.